The summed E-state index contributed by atoms with van der Waals surface area (Å²) in [6, 6.07) is 14.7. The van der Waals surface area contributed by atoms with Gasteiger partial charge in [-0.15, -0.1) is 0 Å². The standard InChI is InChI=1S/C33H29ClF4N6O3S/c1-42-11-13-43(14-12-42)29-10-7-22(16-28(29)35)40-32-39-18-21-15-25(24-17-23(48(2,46)47)8-9-27(24)34)31(45)44(30(21)41-32)19-20-5-3-4-6-26(20)33(36,37)38/h3-10,15-18H,11-14,19H2,1-2H3,(H,39,40,41). The van der Waals surface area contributed by atoms with E-state index in [1.165, 1.54) is 54.7 Å². The van der Waals surface area contributed by atoms with Gasteiger partial charge in [0.2, 0.25) is 5.95 Å². The molecular weight excluding hydrogens is 672 g/mol. The zero-order chi connectivity index (χ0) is 34.4. The van der Waals surface area contributed by atoms with E-state index in [0.717, 1.165) is 30.0 Å². The summed E-state index contributed by atoms with van der Waals surface area (Å²) in [5.74, 6) is -0.486. The molecule has 0 amide bonds. The summed E-state index contributed by atoms with van der Waals surface area (Å²) in [5, 5.41) is 3.25. The summed E-state index contributed by atoms with van der Waals surface area (Å²) < 4.78 is 82.8. The number of benzene rings is 3. The third-order valence-corrected chi connectivity index (χ3v) is 9.62. The number of aromatic nitrogens is 3. The second-order valence-electron chi connectivity index (χ2n) is 11.6. The molecule has 5 aromatic rings. The summed E-state index contributed by atoms with van der Waals surface area (Å²) in [4.78, 5) is 26.9. The highest BCUT2D eigenvalue weighted by Crippen LogP contribution is 2.34. The lowest BCUT2D eigenvalue weighted by atomic mass is 10.0. The van der Waals surface area contributed by atoms with Crippen molar-refractivity contribution in [2.45, 2.75) is 17.6 Å². The molecule has 0 bridgehead atoms. The molecule has 0 unspecified atom stereocenters. The monoisotopic (exact) mass is 700 g/mol. The van der Waals surface area contributed by atoms with Gasteiger partial charge in [0.25, 0.3) is 5.56 Å². The molecule has 2 aromatic heterocycles. The van der Waals surface area contributed by atoms with Gasteiger partial charge in [-0.1, -0.05) is 29.8 Å². The number of hydrogen-bond donors (Lipinski definition) is 1. The van der Waals surface area contributed by atoms with Crippen LogP contribution in [0.1, 0.15) is 11.1 Å². The highest BCUT2D eigenvalue weighted by atomic mass is 35.5. The van der Waals surface area contributed by atoms with E-state index in [0.29, 0.717) is 24.5 Å². The van der Waals surface area contributed by atoms with Crippen LogP contribution in [0, 0.1) is 5.82 Å². The van der Waals surface area contributed by atoms with Gasteiger partial charge in [0.15, 0.2) is 9.84 Å². The number of piperazine rings is 1. The number of halogens is 5. The van der Waals surface area contributed by atoms with Crippen LogP contribution in [0.2, 0.25) is 5.02 Å². The van der Waals surface area contributed by atoms with Crippen molar-refractivity contribution >= 4 is 49.8 Å². The fraction of sp³-hybridized carbons (Fsp3) is 0.242. The molecule has 1 saturated heterocycles. The molecule has 1 aliphatic rings. The number of anilines is 3. The Balaban J connectivity index is 1.46. The number of sulfone groups is 1. The number of alkyl halides is 3. The molecule has 0 aliphatic carbocycles. The van der Waals surface area contributed by atoms with Gasteiger partial charge >= 0.3 is 6.18 Å². The molecule has 1 N–H and O–H groups in total. The van der Waals surface area contributed by atoms with Gasteiger partial charge in [0.05, 0.1) is 22.7 Å². The largest absolute Gasteiger partial charge is 0.416 e. The van der Waals surface area contributed by atoms with E-state index in [2.05, 4.69) is 20.2 Å². The summed E-state index contributed by atoms with van der Waals surface area (Å²) in [7, 11) is -1.69. The maximum Gasteiger partial charge on any atom is 0.416 e. The van der Waals surface area contributed by atoms with Gasteiger partial charge in [-0.3, -0.25) is 9.36 Å². The van der Waals surface area contributed by atoms with Crippen LogP contribution in [0.4, 0.5) is 34.9 Å². The Morgan fingerprint density at radius 1 is 0.958 bits per heavy atom. The molecule has 0 radical (unpaired) electrons. The van der Waals surface area contributed by atoms with Crippen molar-refractivity contribution in [3.63, 3.8) is 0 Å². The minimum Gasteiger partial charge on any atom is -0.367 e. The average Bonchev–Trinajstić information content (AvgIpc) is 3.02. The molecule has 15 heteroatoms. The van der Waals surface area contributed by atoms with E-state index in [1.54, 1.807) is 12.1 Å². The van der Waals surface area contributed by atoms with E-state index in [1.807, 2.05) is 11.9 Å². The Kier molecular flexibility index (Phi) is 8.92. The smallest absolute Gasteiger partial charge is 0.367 e. The van der Waals surface area contributed by atoms with Crippen LogP contribution < -0.4 is 15.8 Å². The van der Waals surface area contributed by atoms with Crippen molar-refractivity contribution < 1.29 is 26.0 Å². The molecule has 48 heavy (non-hydrogen) atoms. The van der Waals surface area contributed by atoms with E-state index < -0.39 is 39.5 Å². The highest BCUT2D eigenvalue weighted by Gasteiger charge is 2.33. The zero-order valence-corrected chi connectivity index (χ0v) is 27.3. The number of nitrogens with one attached hydrogen (secondary N) is 1. The van der Waals surface area contributed by atoms with Crippen LogP contribution in [-0.4, -0.2) is 67.3 Å². The lowest BCUT2D eigenvalue weighted by molar-refractivity contribution is -0.138. The number of pyridine rings is 1. The van der Waals surface area contributed by atoms with Crippen molar-refractivity contribution in [2.24, 2.45) is 0 Å². The molecule has 250 valence electrons. The SMILES string of the molecule is CN1CCN(c2ccc(Nc3ncc4cc(-c5cc(S(C)(=O)=O)ccc5Cl)c(=O)n(Cc5ccccc5C(F)(F)F)c4n3)cc2F)CC1. The topological polar surface area (TPSA) is 100 Å². The normalized spacial score (nSPS) is 14.4. The first-order valence-electron chi connectivity index (χ1n) is 14.7. The van der Waals surface area contributed by atoms with Gasteiger partial charge in [0, 0.05) is 65.9 Å². The Bertz CT molecular complexity index is 2200. The van der Waals surface area contributed by atoms with Gasteiger partial charge in [-0.25, -0.2) is 17.8 Å². The molecule has 0 spiro atoms. The lowest BCUT2D eigenvalue weighted by Crippen LogP contribution is -2.44. The number of likely N-dealkylation sites (N-methyl/N-ethyl adjacent to an activating group) is 1. The first-order chi connectivity index (χ1) is 22.7. The maximum atomic E-state index is 15.2. The van der Waals surface area contributed by atoms with Crippen LogP contribution in [-0.2, 0) is 22.6 Å². The van der Waals surface area contributed by atoms with Crippen LogP contribution in [0.5, 0.6) is 0 Å². The summed E-state index contributed by atoms with van der Waals surface area (Å²) in [5.41, 5.74) is -1.12. The Labute approximate surface area is 278 Å². The van der Waals surface area contributed by atoms with Crippen LogP contribution in [0.15, 0.2) is 82.6 Å². The molecule has 3 aromatic carbocycles. The van der Waals surface area contributed by atoms with Gasteiger partial charge < -0.3 is 15.1 Å². The van der Waals surface area contributed by atoms with E-state index >= 15 is 4.39 Å². The van der Waals surface area contributed by atoms with Crippen LogP contribution in [0.3, 0.4) is 0 Å². The van der Waals surface area contributed by atoms with Crippen molar-refractivity contribution in [1.82, 2.24) is 19.4 Å². The van der Waals surface area contributed by atoms with E-state index in [-0.39, 0.29) is 43.6 Å². The second kappa shape index (κ2) is 12.8. The zero-order valence-electron chi connectivity index (χ0n) is 25.7. The quantitative estimate of drug-likeness (QED) is 0.200. The Morgan fingerprint density at radius 3 is 2.38 bits per heavy atom. The maximum absolute atomic E-state index is 15.2. The lowest BCUT2D eigenvalue weighted by Gasteiger charge is -2.34. The van der Waals surface area contributed by atoms with Crippen molar-refractivity contribution in [2.75, 3.05) is 49.7 Å². The fourth-order valence-electron chi connectivity index (χ4n) is 5.62. The average molecular weight is 701 g/mol. The first-order valence-corrected chi connectivity index (χ1v) is 17.0. The fourth-order valence-corrected chi connectivity index (χ4v) is 6.49. The Morgan fingerprint density at radius 2 is 1.69 bits per heavy atom. The molecule has 1 aliphatic heterocycles. The summed E-state index contributed by atoms with van der Waals surface area (Å²) in [6.45, 7) is 2.42. The first kappa shape index (κ1) is 33.4. The number of nitrogens with zero attached hydrogens (tertiary/aromatic N) is 5. The third-order valence-electron chi connectivity index (χ3n) is 8.18. The van der Waals surface area contributed by atoms with Gasteiger partial charge in [-0.2, -0.15) is 18.2 Å². The van der Waals surface area contributed by atoms with Crippen molar-refractivity contribution in [1.29, 1.82) is 0 Å². The van der Waals surface area contributed by atoms with Gasteiger partial charge in [-0.05, 0) is 61.1 Å². The van der Waals surface area contributed by atoms with Crippen molar-refractivity contribution in [3.05, 3.63) is 105 Å². The van der Waals surface area contributed by atoms with Crippen LogP contribution in [0.25, 0.3) is 22.2 Å². The minimum atomic E-state index is -4.71. The van der Waals surface area contributed by atoms with Crippen molar-refractivity contribution in [3.8, 4) is 11.1 Å². The summed E-state index contributed by atoms with van der Waals surface area (Å²) >= 11 is 6.43. The molecule has 1 fully saturated rings. The van der Waals surface area contributed by atoms with E-state index in [4.69, 9.17) is 11.6 Å². The number of fused-ring (bicyclic) bond motifs is 1. The molecule has 0 atom stereocenters. The molecule has 0 saturated carbocycles. The van der Waals surface area contributed by atoms with Gasteiger partial charge in [0.1, 0.15) is 11.5 Å². The molecule has 9 nitrogen and oxygen atoms in total. The number of hydrogen-bond acceptors (Lipinski definition) is 8. The highest BCUT2D eigenvalue weighted by molar-refractivity contribution is 7.90. The summed E-state index contributed by atoms with van der Waals surface area (Å²) in [6.07, 6.45) is -2.34. The predicted molar refractivity (Wildman–Crippen MR) is 177 cm³/mol. The molecule has 6 rings (SSSR count). The van der Waals surface area contributed by atoms with E-state index in [9.17, 15) is 26.4 Å². The molecule has 3 heterocycles. The molecular formula is C33H29ClF4N6O3S. The minimum absolute atomic E-state index is 0.0110. The van der Waals surface area contributed by atoms with Crippen LogP contribution >= 0.6 is 11.6 Å². The third kappa shape index (κ3) is 6.86. The predicted octanol–water partition coefficient (Wildman–Crippen LogP) is 6.22. The second-order valence-corrected chi connectivity index (χ2v) is 14.0. The number of rotatable bonds is 7. The Hall–Kier alpha value is -4.53.